The lowest BCUT2D eigenvalue weighted by Gasteiger charge is -2.31. The molecule has 1 saturated heterocycles. The largest absolute Gasteiger partial charge is 0.508 e. The van der Waals surface area contributed by atoms with Gasteiger partial charge in [0.25, 0.3) is 11.8 Å². The van der Waals surface area contributed by atoms with E-state index in [9.17, 15) is 24.6 Å². The number of carbonyl (C=O) groups excluding carboxylic acids is 3. The Morgan fingerprint density at radius 1 is 1.11 bits per heavy atom. The molecule has 188 valence electrons. The summed E-state index contributed by atoms with van der Waals surface area (Å²) in [4.78, 5) is 40.6. The van der Waals surface area contributed by atoms with Gasteiger partial charge in [-0.1, -0.05) is 36.4 Å². The van der Waals surface area contributed by atoms with Crippen molar-refractivity contribution in [3.63, 3.8) is 0 Å². The number of hydrogen-bond acceptors (Lipinski definition) is 6. The predicted octanol–water partition coefficient (Wildman–Crippen LogP) is 2.22. The Kier molecular flexibility index (Phi) is 8.45. The van der Waals surface area contributed by atoms with Gasteiger partial charge in [0, 0.05) is 22.4 Å². The minimum atomic E-state index is -1.57. The molecule has 2 aromatic carbocycles. The highest BCUT2D eigenvalue weighted by Gasteiger charge is 2.40. The SMILES string of the molecule is Cc1c(O)cccc1C(=O)N[C@@H](Cc1ccccc1)[C@H](O)C(=O)N1CSC[C@H]1C(=O)NC(C)(C)C. The topological polar surface area (TPSA) is 119 Å². The molecular weight excluding hydrogens is 466 g/mol. The summed E-state index contributed by atoms with van der Waals surface area (Å²) in [6.45, 7) is 7.21. The van der Waals surface area contributed by atoms with Crippen molar-refractivity contribution in [2.75, 3.05) is 11.6 Å². The maximum atomic E-state index is 13.4. The van der Waals surface area contributed by atoms with Crippen LogP contribution in [-0.4, -0.2) is 68.2 Å². The van der Waals surface area contributed by atoms with Crippen molar-refractivity contribution >= 4 is 29.5 Å². The van der Waals surface area contributed by atoms with E-state index in [-0.39, 0.29) is 29.5 Å². The summed E-state index contributed by atoms with van der Waals surface area (Å²) >= 11 is 1.44. The monoisotopic (exact) mass is 499 g/mol. The van der Waals surface area contributed by atoms with Gasteiger partial charge in [0.05, 0.1) is 11.9 Å². The quantitative estimate of drug-likeness (QED) is 0.464. The highest BCUT2D eigenvalue weighted by Crippen LogP contribution is 2.24. The number of phenols is 1. The molecule has 8 nitrogen and oxygen atoms in total. The smallest absolute Gasteiger partial charge is 0.254 e. The highest BCUT2D eigenvalue weighted by atomic mass is 32.2. The standard InChI is InChI=1S/C26H33N3O5S/c1-16-18(11-8-12-21(16)30)23(32)27-19(13-17-9-6-5-7-10-17)22(31)25(34)29-15-35-14-20(29)24(33)28-26(2,3)4/h5-12,19-20,22,30-31H,13-15H2,1-4H3,(H,27,32)(H,28,33)/t19-,20-,22-/m0/s1. The summed E-state index contributed by atoms with van der Waals surface area (Å²) in [6, 6.07) is 12.2. The van der Waals surface area contributed by atoms with Crippen LogP contribution in [0.1, 0.15) is 42.3 Å². The Balaban J connectivity index is 1.83. The average molecular weight is 500 g/mol. The molecule has 0 spiro atoms. The second kappa shape index (κ2) is 11.1. The third-order valence-electron chi connectivity index (χ3n) is 5.77. The Bertz CT molecular complexity index is 1070. The summed E-state index contributed by atoms with van der Waals surface area (Å²) in [6.07, 6.45) is -1.36. The van der Waals surface area contributed by atoms with Crippen molar-refractivity contribution in [3.05, 3.63) is 65.2 Å². The van der Waals surface area contributed by atoms with E-state index in [2.05, 4.69) is 10.6 Å². The molecule has 3 amide bonds. The van der Waals surface area contributed by atoms with Crippen LogP contribution in [0.5, 0.6) is 5.75 Å². The number of aromatic hydroxyl groups is 1. The van der Waals surface area contributed by atoms with E-state index in [1.165, 1.54) is 22.7 Å². The normalized spacial score (nSPS) is 17.5. The predicted molar refractivity (Wildman–Crippen MR) is 136 cm³/mol. The molecule has 0 aromatic heterocycles. The molecule has 1 aliphatic rings. The second-order valence-corrected chi connectivity index (χ2v) is 10.7. The summed E-state index contributed by atoms with van der Waals surface area (Å²) < 4.78 is 0. The number of amides is 3. The summed E-state index contributed by atoms with van der Waals surface area (Å²) in [7, 11) is 0. The highest BCUT2D eigenvalue weighted by molar-refractivity contribution is 7.99. The molecule has 0 unspecified atom stereocenters. The first kappa shape index (κ1) is 26.6. The molecule has 1 heterocycles. The van der Waals surface area contributed by atoms with Gasteiger partial charge >= 0.3 is 0 Å². The minimum absolute atomic E-state index is 0.0179. The molecule has 0 radical (unpaired) electrons. The van der Waals surface area contributed by atoms with E-state index < -0.39 is 35.5 Å². The number of hydrogen-bond donors (Lipinski definition) is 4. The number of phenolic OH excluding ortho intramolecular Hbond substituents is 1. The number of aliphatic hydroxyl groups is 1. The molecule has 2 aromatic rings. The minimum Gasteiger partial charge on any atom is -0.508 e. The zero-order chi connectivity index (χ0) is 25.8. The zero-order valence-electron chi connectivity index (χ0n) is 20.4. The maximum Gasteiger partial charge on any atom is 0.254 e. The van der Waals surface area contributed by atoms with Crippen LogP contribution in [0.25, 0.3) is 0 Å². The van der Waals surface area contributed by atoms with Crippen molar-refractivity contribution in [1.29, 1.82) is 0 Å². The first-order chi connectivity index (χ1) is 16.5. The lowest BCUT2D eigenvalue weighted by Crippen LogP contribution is -2.57. The van der Waals surface area contributed by atoms with Gasteiger partial charge in [-0.05, 0) is 51.8 Å². The van der Waals surface area contributed by atoms with Gasteiger partial charge in [0.15, 0.2) is 6.10 Å². The fourth-order valence-corrected chi connectivity index (χ4v) is 5.06. The summed E-state index contributed by atoms with van der Waals surface area (Å²) in [5.74, 6) is -0.714. The van der Waals surface area contributed by atoms with Gasteiger partial charge in [-0.3, -0.25) is 14.4 Å². The van der Waals surface area contributed by atoms with Gasteiger partial charge in [-0.25, -0.2) is 0 Å². The molecule has 0 saturated carbocycles. The molecular formula is C26H33N3O5S. The van der Waals surface area contributed by atoms with Crippen LogP contribution in [0.3, 0.4) is 0 Å². The first-order valence-corrected chi connectivity index (χ1v) is 12.6. The lowest BCUT2D eigenvalue weighted by molar-refractivity contribution is -0.146. The number of carbonyl (C=O) groups is 3. The number of benzene rings is 2. The third kappa shape index (κ3) is 6.76. The van der Waals surface area contributed by atoms with E-state index >= 15 is 0 Å². The van der Waals surface area contributed by atoms with Crippen LogP contribution in [0.4, 0.5) is 0 Å². The Labute approximate surface area is 210 Å². The van der Waals surface area contributed by atoms with Gasteiger partial charge in [0.2, 0.25) is 5.91 Å². The van der Waals surface area contributed by atoms with Crippen molar-refractivity contribution in [2.24, 2.45) is 0 Å². The van der Waals surface area contributed by atoms with Crippen LogP contribution in [0.15, 0.2) is 48.5 Å². The Hall–Kier alpha value is -3.04. The number of thioether (sulfide) groups is 1. The van der Waals surface area contributed by atoms with Crippen molar-refractivity contribution in [1.82, 2.24) is 15.5 Å². The molecule has 9 heteroatoms. The number of rotatable bonds is 7. The van der Waals surface area contributed by atoms with Gasteiger partial charge < -0.3 is 25.7 Å². The van der Waals surface area contributed by atoms with E-state index in [0.717, 1.165) is 5.56 Å². The molecule has 35 heavy (non-hydrogen) atoms. The van der Waals surface area contributed by atoms with Crippen LogP contribution < -0.4 is 10.6 Å². The van der Waals surface area contributed by atoms with Gasteiger partial charge in [-0.2, -0.15) is 0 Å². The second-order valence-electron chi connectivity index (χ2n) is 9.73. The fraction of sp³-hybridized carbons (Fsp3) is 0.423. The lowest BCUT2D eigenvalue weighted by atomic mass is 9.98. The van der Waals surface area contributed by atoms with Crippen LogP contribution in [0.2, 0.25) is 0 Å². The molecule has 3 atom stereocenters. The van der Waals surface area contributed by atoms with Crippen molar-refractivity contribution in [2.45, 2.75) is 57.8 Å². The number of nitrogens with zero attached hydrogens (tertiary/aromatic N) is 1. The van der Waals surface area contributed by atoms with E-state index in [1.807, 2.05) is 51.1 Å². The number of nitrogens with one attached hydrogen (secondary N) is 2. The fourth-order valence-electron chi connectivity index (χ4n) is 3.90. The van der Waals surface area contributed by atoms with Crippen LogP contribution in [-0.2, 0) is 16.0 Å². The molecule has 0 bridgehead atoms. The molecule has 0 aliphatic carbocycles. The van der Waals surface area contributed by atoms with Crippen molar-refractivity contribution < 1.29 is 24.6 Å². The summed E-state index contributed by atoms with van der Waals surface area (Å²) in [5, 5.41) is 26.8. The van der Waals surface area contributed by atoms with Crippen molar-refractivity contribution in [3.8, 4) is 5.75 Å². The zero-order valence-corrected chi connectivity index (χ0v) is 21.3. The molecule has 1 aliphatic heterocycles. The van der Waals surface area contributed by atoms with Gasteiger partial charge in [-0.15, -0.1) is 11.8 Å². The molecule has 1 fully saturated rings. The van der Waals surface area contributed by atoms with E-state index in [0.29, 0.717) is 11.3 Å². The van der Waals surface area contributed by atoms with Crippen LogP contribution in [0, 0.1) is 6.92 Å². The van der Waals surface area contributed by atoms with E-state index in [1.54, 1.807) is 19.1 Å². The molecule has 4 N–H and O–H groups in total. The third-order valence-corrected chi connectivity index (χ3v) is 6.78. The van der Waals surface area contributed by atoms with E-state index in [4.69, 9.17) is 0 Å². The Morgan fingerprint density at radius 3 is 2.46 bits per heavy atom. The first-order valence-electron chi connectivity index (χ1n) is 11.5. The summed E-state index contributed by atoms with van der Waals surface area (Å²) in [5.41, 5.74) is 1.02. The maximum absolute atomic E-state index is 13.4. The Morgan fingerprint density at radius 2 is 1.80 bits per heavy atom. The number of aliphatic hydroxyl groups excluding tert-OH is 1. The molecule has 3 rings (SSSR count). The van der Waals surface area contributed by atoms with Gasteiger partial charge in [0.1, 0.15) is 11.8 Å². The average Bonchev–Trinajstić information content (AvgIpc) is 3.29. The van der Waals surface area contributed by atoms with Crippen LogP contribution >= 0.6 is 11.8 Å².